The van der Waals surface area contributed by atoms with Crippen LogP contribution in [-0.2, 0) is 0 Å². The molecule has 0 aliphatic carbocycles. The highest BCUT2D eigenvalue weighted by molar-refractivity contribution is 5.54. The van der Waals surface area contributed by atoms with E-state index in [0.717, 1.165) is 6.54 Å². The molecule has 2 rings (SSSR count). The predicted octanol–water partition coefficient (Wildman–Crippen LogP) is 2.81. The van der Waals surface area contributed by atoms with Crippen LogP contribution >= 0.6 is 0 Å². The number of piperidine rings is 1. The number of hydrogen-bond acceptors (Lipinski definition) is 2. The summed E-state index contributed by atoms with van der Waals surface area (Å²) in [5.74, 6) is 0. The summed E-state index contributed by atoms with van der Waals surface area (Å²) in [7, 11) is 2.21. The van der Waals surface area contributed by atoms with Crippen molar-refractivity contribution in [3.05, 3.63) is 29.3 Å². The maximum absolute atomic E-state index is 3.68. The van der Waals surface area contributed by atoms with E-state index in [1.54, 1.807) is 0 Å². The molecule has 1 heterocycles. The fourth-order valence-electron chi connectivity index (χ4n) is 2.41. The third-order valence-corrected chi connectivity index (χ3v) is 3.59. The summed E-state index contributed by atoms with van der Waals surface area (Å²) in [5, 5.41) is 3.68. The molecule has 16 heavy (non-hydrogen) atoms. The van der Waals surface area contributed by atoms with Gasteiger partial charge < -0.3 is 10.2 Å². The van der Waals surface area contributed by atoms with Crippen molar-refractivity contribution in [2.24, 2.45) is 0 Å². The molecule has 1 aromatic carbocycles. The largest absolute Gasteiger partial charge is 0.381 e. The Morgan fingerprint density at radius 2 is 2.12 bits per heavy atom. The fraction of sp³-hybridized carbons (Fsp3) is 0.571. The molecule has 2 heteroatoms. The number of anilines is 1. The topological polar surface area (TPSA) is 15.3 Å². The van der Waals surface area contributed by atoms with Crippen molar-refractivity contribution in [2.75, 3.05) is 25.5 Å². The third-order valence-electron chi connectivity index (χ3n) is 3.59. The van der Waals surface area contributed by atoms with E-state index >= 15 is 0 Å². The van der Waals surface area contributed by atoms with Gasteiger partial charge in [0.05, 0.1) is 0 Å². The molecule has 1 fully saturated rings. The lowest BCUT2D eigenvalue weighted by Crippen LogP contribution is -2.39. The molecule has 0 bridgehead atoms. The van der Waals surface area contributed by atoms with E-state index in [9.17, 15) is 0 Å². The van der Waals surface area contributed by atoms with Gasteiger partial charge >= 0.3 is 0 Å². The van der Waals surface area contributed by atoms with Crippen LogP contribution in [0.5, 0.6) is 0 Å². The molecule has 0 radical (unpaired) electrons. The highest BCUT2D eigenvalue weighted by Crippen LogP contribution is 2.21. The van der Waals surface area contributed by atoms with Crippen LogP contribution in [0, 0.1) is 13.8 Å². The normalized spacial score (nSPS) is 22.1. The number of aryl methyl sites for hydroxylation is 1. The van der Waals surface area contributed by atoms with Gasteiger partial charge in [0.25, 0.3) is 0 Å². The van der Waals surface area contributed by atoms with E-state index in [1.165, 1.54) is 36.2 Å². The zero-order valence-corrected chi connectivity index (χ0v) is 10.6. The van der Waals surface area contributed by atoms with Gasteiger partial charge in [-0.1, -0.05) is 12.1 Å². The van der Waals surface area contributed by atoms with Gasteiger partial charge in [-0.25, -0.2) is 0 Å². The summed E-state index contributed by atoms with van der Waals surface area (Å²) in [4.78, 5) is 2.41. The lowest BCUT2D eigenvalue weighted by Gasteiger charge is -2.31. The summed E-state index contributed by atoms with van der Waals surface area (Å²) < 4.78 is 0. The van der Waals surface area contributed by atoms with Crippen molar-refractivity contribution in [1.29, 1.82) is 0 Å². The number of likely N-dealkylation sites (N-methyl/N-ethyl adjacent to an activating group) is 1. The summed E-state index contributed by atoms with van der Waals surface area (Å²) in [6, 6.07) is 7.11. The van der Waals surface area contributed by atoms with Gasteiger partial charge in [0.15, 0.2) is 0 Å². The van der Waals surface area contributed by atoms with Gasteiger partial charge in [-0.05, 0) is 57.5 Å². The predicted molar refractivity (Wildman–Crippen MR) is 70.1 cm³/mol. The lowest BCUT2D eigenvalue weighted by atomic mass is 10.0. The average Bonchev–Trinajstić information content (AvgIpc) is 2.25. The average molecular weight is 218 g/mol. The second kappa shape index (κ2) is 4.88. The van der Waals surface area contributed by atoms with Crippen molar-refractivity contribution >= 4 is 5.69 Å². The molecule has 1 aromatic rings. The summed E-state index contributed by atoms with van der Waals surface area (Å²) >= 11 is 0. The van der Waals surface area contributed by atoms with E-state index < -0.39 is 0 Å². The van der Waals surface area contributed by atoms with Gasteiger partial charge in [0, 0.05) is 18.3 Å². The van der Waals surface area contributed by atoms with Gasteiger partial charge in [-0.2, -0.15) is 0 Å². The minimum absolute atomic E-state index is 0.610. The van der Waals surface area contributed by atoms with Crippen LogP contribution < -0.4 is 5.32 Å². The van der Waals surface area contributed by atoms with Crippen LogP contribution in [0.1, 0.15) is 24.0 Å². The van der Waals surface area contributed by atoms with E-state index in [4.69, 9.17) is 0 Å². The van der Waals surface area contributed by atoms with Crippen molar-refractivity contribution in [3.8, 4) is 0 Å². The number of hydrogen-bond donors (Lipinski definition) is 1. The maximum atomic E-state index is 3.68. The highest BCUT2D eigenvalue weighted by atomic mass is 15.1. The summed E-state index contributed by atoms with van der Waals surface area (Å²) in [6.07, 6.45) is 2.59. The SMILES string of the molecule is Cc1cccc(NC2CCCN(C)C2)c1C. The number of nitrogens with zero attached hydrogens (tertiary/aromatic N) is 1. The molecule has 1 aliphatic heterocycles. The Labute approximate surface area is 98.7 Å². The quantitative estimate of drug-likeness (QED) is 0.821. The molecule has 88 valence electrons. The van der Waals surface area contributed by atoms with E-state index in [1.807, 2.05) is 0 Å². The molecule has 0 saturated carbocycles. The Morgan fingerprint density at radius 3 is 2.88 bits per heavy atom. The van der Waals surface area contributed by atoms with E-state index in [0.29, 0.717) is 6.04 Å². The number of rotatable bonds is 2. The minimum atomic E-state index is 0.610. The van der Waals surface area contributed by atoms with Crippen LogP contribution in [0.4, 0.5) is 5.69 Å². The van der Waals surface area contributed by atoms with Crippen LogP contribution in [-0.4, -0.2) is 31.1 Å². The molecule has 0 spiro atoms. The fourth-order valence-corrected chi connectivity index (χ4v) is 2.41. The monoisotopic (exact) mass is 218 g/mol. The number of benzene rings is 1. The molecular formula is C14H22N2. The van der Waals surface area contributed by atoms with Gasteiger partial charge in [0.1, 0.15) is 0 Å². The van der Waals surface area contributed by atoms with Crippen LogP contribution in [0.25, 0.3) is 0 Å². The molecular weight excluding hydrogens is 196 g/mol. The standard InChI is InChI=1S/C14H22N2/c1-11-6-4-8-14(12(11)2)15-13-7-5-9-16(3)10-13/h4,6,8,13,15H,5,7,9-10H2,1-3H3. The Kier molecular flexibility index (Phi) is 3.49. The molecule has 2 nitrogen and oxygen atoms in total. The first kappa shape index (κ1) is 11.5. The van der Waals surface area contributed by atoms with Crippen molar-refractivity contribution in [2.45, 2.75) is 32.7 Å². The number of nitrogens with one attached hydrogen (secondary N) is 1. The highest BCUT2D eigenvalue weighted by Gasteiger charge is 2.17. The first-order chi connectivity index (χ1) is 7.66. The van der Waals surface area contributed by atoms with Gasteiger partial charge in [-0.3, -0.25) is 0 Å². The maximum Gasteiger partial charge on any atom is 0.0388 e. The molecule has 1 unspecified atom stereocenters. The van der Waals surface area contributed by atoms with E-state index in [2.05, 4.69) is 49.3 Å². The van der Waals surface area contributed by atoms with Crippen LogP contribution in [0.3, 0.4) is 0 Å². The Bertz CT molecular complexity index is 360. The molecule has 1 saturated heterocycles. The van der Waals surface area contributed by atoms with Crippen LogP contribution in [0.2, 0.25) is 0 Å². The minimum Gasteiger partial charge on any atom is -0.381 e. The number of likely N-dealkylation sites (tertiary alicyclic amines) is 1. The molecule has 1 atom stereocenters. The molecule has 0 amide bonds. The Morgan fingerprint density at radius 1 is 1.31 bits per heavy atom. The third kappa shape index (κ3) is 2.56. The van der Waals surface area contributed by atoms with Crippen molar-refractivity contribution in [3.63, 3.8) is 0 Å². The zero-order valence-electron chi connectivity index (χ0n) is 10.6. The smallest absolute Gasteiger partial charge is 0.0388 e. The Hall–Kier alpha value is -1.02. The zero-order chi connectivity index (χ0) is 11.5. The lowest BCUT2D eigenvalue weighted by molar-refractivity contribution is 0.261. The van der Waals surface area contributed by atoms with Crippen LogP contribution in [0.15, 0.2) is 18.2 Å². The summed E-state index contributed by atoms with van der Waals surface area (Å²) in [5.41, 5.74) is 4.06. The van der Waals surface area contributed by atoms with Crippen molar-refractivity contribution < 1.29 is 0 Å². The van der Waals surface area contributed by atoms with E-state index in [-0.39, 0.29) is 0 Å². The first-order valence-corrected chi connectivity index (χ1v) is 6.18. The van der Waals surface area contributed by atoms with Gasteiger partial charge in [0.2, 0.25) is 0 Å². The van der Waals surface area contributed by atoms with Crippen molar-refractivity contribution in [1.82, 2.24) is 4.90 Å². The summed E-state index contributed by atoms with van der Waals surface area (Å²) in [6.45, 7) is 6.77. The van der Waals surface area contributed by atoms with Gasteiger partial charge in [-0.15, -0.1) is 0 Å². The molecule has 1 aliphatic rings. The molecule has 0 aromatic heterocycles. The first-order valence-electron chi connectivity index (χ1n) is 6.18. The second-order valence-electron chi connectivity index (χ2n) is 4.99. The Balaban J connectivity index is 2.05. The second-order valence-corrected chi connectivity index (χ2v) is 4.99. The molecule has 1 N–H and O–H groups in total.